The number of hydrogen-bond donors (Lipinski definition) is 1. The van der Waals surface area contributed by atoms with Gasteiger partial charge >= 0.3 is 0 Å². The molecule has 86 valence electrons. The molecule has 0 fully saturated rings. The van der Waals surface area contributed by atoms with Crippen LogP contribution in [-0.4, -0.2) is 30.2 Å². The molecule has 1 N–H and O–H groups in total. The third-order valence-electron chi connectivity index (χ3n) is 2.07. The summed E-state index contributed by atoms with van der Waals surface area (Å²) in [5.41, 5.74) is 0. The summed E-state index contributed by atoms with van der Waals surface area (Å²) in [6.07, 6.45) is 1.63. The minimum atomic E-state index is -3.03. The summed E-state index contributed by atoms with van der Waals surface area (Å²) in [7, 11) is -3.03. The Morgan fingerprint density at radius 3 is 2.81 bits per heavy atom. The maximum Gasteiger partial charge on any atom is 0.173 e. The van der Waals surface area contributed by atoms with E-state index in [9.17, 15) is 8.42 Å². The molecular formula is C9H10BrN3O2S. The molecule has 1 atom stereocenters. The third-order valence-corrected chi connectivity index (χ3v) is 3.87. The lowest BCUT2D eigenvalue weighted by Crippen LogP contribution is -2.21. The fourth-order valence-electron chi connectivity index (χ4n) is 1.46. The Hall–Kier alpha value is -0.950. The number of nitrogens with one attached hydrogen (secondary N) is 1. The molecule has 1 aliphatic rings. The minimum Gasteiger partial charge on any atom is -0.363 e. The van der Waals surface area contributed by atoms with Gasteiger partial charge in [-0.05, 0) is 28.9 Å². The van der Waals surface area contributed by atoms with E-state index in [-0.39, 0.29) is 11.8 Å². The molecule has 0 saturated carbocycles. The van der Waals surface area contributed by atoms with Crippen LogP contribution in [0.1, 0.15) is 5.82 Å². The highest BCUT2D eigenvalue weighted by molar-refractivity contribution is 9.10. The van der Waals surface area contributed by atoms with E-state index in [1.807, 2.05) is 0 Å². The van der Waals surface area contributed by atoms with Crippen LogP contribution in [0, 0.1) is 6.92 Å². The van der Waals surface area contributed by atoms with Crippen molar-refractivity contribution in [3.8, 4) is 0 Å². The van der Waals surface area contributed by atoms with E-state index in [0.717, 1.165) is 0 Å². The zero-order valence-electron chi connectivity index (χ0n) is 8.51. The molecule has 0 aromatic carbocycles. The first-order chi connectivity index (χ1) is 7.44. The summed E-state index contributed by atoms with van der Waals surface area (Å²) in [6.45, 7) is 1.77. The number of anilines is 1. The van der Waals surface area contributed by atoms with Crippen LogP contribution in [0.15, 0.2) is 22.2 Å². The monoisotopic (exact) mass is 303 g/mol. The number of sulfone groups is 1. The number of aryl methyl sites for hydroxylation is 1. The first-order valence-corrected chi connectivity index (χ1v) is 7.14. The van der Waals surface area contributed by atoms with Crippen molar-refractivity contribution in [2.24, 2.45) is 0 Å². The molecule has 0 amide bonds. The lowest BCUT2D eigenvalue weighted by Gasteiger charge is -2.10. The smallest absolute Gasteiger partial charge is 0.173 e. The maximum atomic E-state index is 11.2. The molecule has 7 heteroatoms. The molecule has 0 aliphatic carbocycles. The van der Waals surface area contributed by atoms with Gasteiger partial charge in [-0.15, -0.1) is 0 Å². The van der Waals surface area contributed by atoms with Crippen molar-refractivity contribution in [1.29, 1.82) is 0 Å². The fraction of sp³-hybridized carbons (Fsp3) is 0.333. The van der Waals surface area contributed by atoms with Gasteiger partial charge in [-0.1, -0.05) is 0 Å². The highest BCUT2D eigenvalue weighted by Gasteiger charge is 2.21. The van der Waals surface area contributed by atoms with Crippen LogP contribution in [0.3, 0.4) is 0 Å². The van der Waals surface area contributed by atoms with Gasteiger partial charge in [0.1, 0.15) is 16.2 Å². The number of hydrogen-bond acceptors (Lipinski definition) is 5. The van der Waals surface area contributed by atoms with Crippen LogP contribution in [-0.2, 0) is 9.84 Å². The zero-order valence-corrected chi connectivity index (χ0v) is 10.9. The largest absolute Gasteiger partial charge is 0.363 e. The van der Waals surface area contributed by atoms with Crippen LogP contribution in [0.25, 0.3) is 0 Å². The van der Waals surface area contributed by atoms with Crippen LogP contribution in [0.4, 0.5) is 5.82 Å². The summed E-state index contributed by atoms with van der Waals surface area (Å²) in [4.78, 5) is 8.23. The standard InChI is InChI=1S/C9H10BrN3O2S/c1-6-11-8(10)4-9(12-6)13-7-2-3-16(14,15)5-7/h2-4,7H,5H2,1H3,(H,11,12,13). The Balaban J connectivity index is 2.14. The molecule has 0 spiro atoms. The average Bonchev–Trinajstić information content (AvgIpc) is 2.43. The Morgan fingerprint density at radius 1 is 1.50 bits per heavy atom. The normalized spacial score (nSPS) is 22.2. The van der Waals surface area contributed by atoms with Gasteiger partial charge in [0.25, 0.3) is 0 Å². The van der Waals surface area contributed by atoms with Crippen LogP contribution in [0.2, 0.25) is 0 Å². The van der Waals surface area contributed by atoms with Gasteiger partial charge in [-0.2, -0.15) is 0 Å². The molecular weight excluding hydrogens is 294 g/mol. The summed E-state index contributed by atoms with van der Waals surface area (Å²) in [6, 6.07) is 1.50. The van der Waals surface area contributed by atoms with E-state index in [0.29, 0.717) is 16.2 Å². The van der Waals surface area contributed by atoms with E-state index in [1.54, 1.807) is 19.1 Å². The molecule has 2 rings (SSSR count). The molecule has 0 bridgehead atoms. The maximum absolute atomic E-state index is 11.2. The molecule has 2 heterocycles. The highest BCUT2D eigenvalue weighted by atomic mass is 79.9. The summed E-state index contributed by atoms with van der Waals surface area (Å²) in [5.74, 6) is 1.32. The van der Waals surface area contributed by atoms with Crippen LogP contribution >= 0.6 is 15.9 Å². The molecule has 0 saturated heterocycles. The van der Waals surface area contributed by atoms with E-state index in [2.05, 4.69) is 31.2 Å². The number of nitrogens with zero attached hydrogens (tertiary/aromatic N) is 2. The van der Waals surface area contributed by atoms with Gasteiger partial charge < -0.3 is 5.32 Å². The van der Waals surface area contributed by atoms with Crippen molar-refractivity contribution in [3.63, 3.8) is 0 Å². The van der Waals surface area contributed by atoms with E-state index >= 15 is 0 Å². The van der Waals surface area contributed by atoms with Gasteiger partial charge in [0.15, 0.2) is 9.84 Å². The van der Waals surface area contributed by atoms with Crippen molar-refractivity contribution in [2.75, 3.05) is 11.1 Å². The molecule has 1 aromatic heterocycles. The van der Waals surface area contributed by atoms with Gasteiger partial charge in [-0.25, -0.2) is 18.4 Å². The molecule has 0 radical (unpaired) electrons. The van der Waals surface area contributed by atoms with Crippen LogP contribution < -0.4 is 5.32 Å². The average molecular weight is 304 g/mol. The second-order valence-electron chi connectivity index (χ2n) is 3.53. The number of aromatic nitrogens is 2. The Morgan fingerprint density at radius 2 is 2.25 bits per heavy atom. The summed E-state index contributed by atoms with van der Waals surface area (Å²) in [5, 5.41) is 4.26. The SMILES string of the molecule is Cc1nc(Br)cc(NC2C=CS(=O)(=O)C2)n1. The van der Waals surface area contributed by atoms with Crippen molar-refractivity contribution < 1.29 is 8.42 Å². The van der Waals surface area contributed by atoms with Crippen molar-refractivity contribution >= 4 is 31.6 Å². The first kappa shape index (κ1) is 11.5. The van der Waals surface area contributed by atoms with Gasteiger partial charge in [-0.3, -0.25) is 0 Å². The fourth-order valence-corrected chi connectivity index (χ4v) is 3.17. The predicted molar refractivity (Wildman–Crippen MR) is 64.8 cm³/mol. The molecule has 5 nitrogen and oxygen atoms in total. The Labute approximate surface area is 102 Å². The third kappa shape index (κ3) is 2.79. The Bertz CT molecular complexity index is 521. The van der Waals surface area contributed by atoms with Crippen LogP contribution in [0.5, 0.6) is 0 Å². The number of halogens is 1. The Kier molecular flexibility index (Phi) is 2.98. The van der Waals surface area contributed by atoms with E-state index in [1.165, 1.54) is 5.41 Å². The molecule has 1 aromatic rings. The van der Waals surface area contributed by atoms with Crippen molar-refractivity contribution in [3.05, 3.63) is 28.0 Å². The quantitative estimate of drug-likeness (QED) is 0.833. The molecule has 1 aliphatic heterocycles. The van der Waals surface area contributed by atoms with E-state index in [4.69, 9.17) is 0 Å². The second-order valence-corrected chi connectivity index (χ2v) is 6.28. The van der Waals surface area contributed by atoms with E-state index < -0.39 is 9.84 Å². The summed E-state index contributed by atoms with van der Waals surface area (Å²) >= 11 is 3.26. The van der Waals surface area contributed by atoms with Gasteiger partial charge in [0, 0.05) is 11.5 Å². The summed E-state index contributed by atoms with van der Waals surface area (Å²) < 4.78 is 23.1. The molecule has 1 unspecified atom stereocenters. The first-order valence-electron chi connectivity index (χ1n) is 4.63. The topological polar surface area (TPSA) is 72.0 Å². The van der Waals surface area contributed by atoms with Gasteiger partial charge in [0.2, 0.25) is 0 Å². The second kappa shape index (κ2) is 4.14. The lowest BCUT2D eigenvalue weighted by molar-refractivity contribution is 0.605. The minimum absolute atomic E-state index is 0.0771. The van der Waals surface area contributed by atoms with Crippen molar-refractivity contribution in [1.82, 2.24) is 9.97 Å². The lowest BCUT2D eigenvalue weighted by atomic mass is 10.3. The highest BCUT2D eigenvalue weighted by Crippen LogP contribution is 2.16. The van der Waals surface area contributed by atoms with Crippen molar-refractivity contribution in [2.45, 2.75) is 13.0 Å². The predicted octanol–water partition coefficient (Wildman–Crippen LogP) is 1.27. The zero-order chi connectivity index (χ0) is 11.8. The molecule has 16 heavy (non-hydrogen) atoms. The van der Waals surface area contributed by atoms with Gasteiger partial charge in [0.05, 0.1) is 11.8 Å². The number of rotatable bonds is 2.